The average molecular weight is 233 g/mol. The number of nitrogens with one attached hydrogen (secondary N) is 2. The van der Waals surface area contributed by atoms with Gasteiger partial charge in [-0.2, -0.15) is 0 Å². The zero-order valence-electron chi connectivity index (χ0n) is 10.8. The van der Waals surface area contributed by atoms with E-state index < -0.39 is 0 Å². The van der Waals surface area contributed by atoms with Crippen molar-refractivity contribution in [3.63, 3.8) is 0 Å². The van der Waals surface area contributed by atoms with Crippen LogP contribution in [0, 0.1) is 5.92 Å². The van der Waals surface area contributed by atoms with Crippen molar-refractivity contribution < 1.29 is 0 Å². The van der Waals surface area contributed by atoms with Crippen molar-refractivity contribution in [2.75, 3.05) is 14.1 Å². The normalized spacial score (nSPS) is 26.7. The smallest absolute Gasteiger partial charge is 0.0361 e. The molecule has 0 radical (unpaired) electrons. The van der Waals surface area contributed by atoms with Gasteiger partial charge in [-0.25, -0.2) is 0 Å². The molecule has 1 fully saturated rings. The predicted octanol–water partition coefficient (Wildman–Crippen LogP) is 2.12. The maximum Gasteiger partial charge on any atom is 0.0361 e. The van der Waals surface area contributed by atoms with E-state index in [2.05, 4.69) is 35.8 Å². The highest BCUT2D eigenvalue weighted by Crippen LogP contribution is 2.33. The van der Waals surface area contributed by atoms with E-state index in [1.807, 2.05) is 18.5 Å². The summed E-state index contributed by atoms with van der Waals surface area (Å²) < 4.78 is 0. The van der Waals surface area contributed by atoms with Crippen molar-refractivity contribution in [3.8, 4) is 0 Å². The fraction of sp³-hybridized carbons (Fsp3) is 0.643. The van der Waals surface area contributed by atoms with Gasteiger partial charge in [-0.1, -0.05) is 6.07 Å². The number of aromatic nitrogens is 1. The molecule has 1 heterocycles. The summed E-state index contributed by atoms with van der Waals surface area (Å²) in [6, 6.07) is 5.39. The second kappa shape index (κ2) is 6.12. The lowest BCUT2D eigenvalue weighted by molar-refractivity contribution is 0.247. The van der Waals surface area contributed by atoms with Crippen molar-refractivity contribution in [1.29, 1.82) is 0 Å². The molecule has 0 aliphatic heterocycles. The topological polar surface area (TPSA) is 37.0 Å². The molecule has 0 aromatic carbocycles. The molecule has 1 aromatic rings. The van der Waals surface area contributed by atoms with Gasteiger partial charge < -0.3 is 10.6 Å². The van der Waals surface area contributed by atoms with Gasteiger partial charge >= 0.3 is 0 Å². The van der Waals surface area contributed by atoms with Gasteiger partial charge in [-0.3, -0.25) is 4.98 Å². The number of hydrogen-bond donors (Lipinski definition) is 2. The standard InChI is InChI=1S/C14H23N3/c1-15-13-7-5-11(6-8-13)14(16-2)12-4-3-9-17-10-12/h3-4,9-11,13-16H,5-8H2,1-2H3. The quantitative estimate of drug-likeness (QED) is 0.836. The molecular weight excluding hydrogens is 210 g/mol. The van der Waals surface area contributed by atoms with Gasteiger partial charge in [0.2, 0.25) is 0 Å². The first kappa shape index (κ1) is 12.5. The monoisotopic (exact) mass is 233 g/mol. The summed E-state index contributed by atoms with van der Waals surface area (Å²) in [5.41, 5.74) is 1.32. The molecule has 3 nitrogen and oxygen atoms in total. The van der Waals surface area contributed by atoms with Crippen LogP contribution in [-0.2, 0) is 0 Å². The summed E-state index contributed by atoms with van der Waals surface area (Å²) in [4.78, 5) is 4.23. The Labute approximate surface area is 104 Å². The molecule has 2 N–H and O–H groups in total. The molecule has 0 bridgehead atoms. The minimum atomic E-state index is 0.460. The molecule has 1 aliphatic carbocycles. The maximum absolute atomic E-state index is 4.23. The molecule has 0 saturated heterocycles. The van der Waals surface area contributed by atoms with Crippen molar-refractivity contribution >= 4 is 0 Å². The molecule has 1 unspecified atom stereocenters. The molecule has 1 aliphatic rings. The van der Waals surface area contributed by atoms with Crippen LogP contribution in [0.5, 0.6) is 0 Å². The molecule has 1 aromatic heterocycles. The van der Waals surface area contributed by atoms with Crippen LogP contribution in [0.1, 0.15) is 37.3 Å². The van der Waals surface area contributed by atoms with Gasteiger partial charge in [-0.05, 0) is 57.3 Å². The first-order valence-electron chi connectivity index (χ1n) is 6.59. The third kappa shape index (κ3) is 3.05. The molecule has 0 spiro atoms. The number of rotatable bonds is 4. The Kier molecular flexibility index (Phi) is 4.51. The third-order valence-electron chi connectivity index (χ3n) is 4.01. The van der Waals surface area contributed by atoms with E-state index in [0.29, 0.717) is 6.04 Å². The lowest BCUT2D eigenvalue weighted by atomic mass is 9.79. The average Bonchev–Trinajstić information content (AvgIpc) is 2.42. The van der Waals surface area contributed by atoms with Crippen molar-refractivity contribution in [1.82, 2.24) is 15.6 Å². The van der Waals surface area contributed by atoms with Crippen molar-refractivity contribution in [3.05, 3.63) is 30.1 Å². The molecule has 1 atom stereocenters. The van der Waals surface area contributed by atoms with Crippen LogP contribution in [0.25, 0.3) is 0 Å². The number of pyridine rings is 1. The molecule has 3 heteroatoms. The van der Waals surface area contributed by atoms with Gasteiger partial charge in [0.15, 0.2) is 0 Å². The number of hydrogen-bond acceptors (Lipinski definition) is 3. The van der Waals surface area contributed by atoms with Gasteiger partial charge in [0, 0.05) is 24.5 Å². The van der Waals surface area contributed by atoms with Crippen LogP contribution in [0.4, 0.5) is 0 Å². The zero-order chi connectivity index (χ0) is 12.1. The summed E-state index contributed by atoms with van der Waals surface area (Å²) in [5, 5.41) is 6.85. The minimum Gasteiger partial charge on any atom is -0.317 e. The summed E-state index contributed by atoms with van der Waals surface area (Å²) in [6.07, 6.45) is 9.01. The van der Waals surface area contributed by atoms with Gasteiger partial charge in [0.25, 0.3) is 0 Å². The fourth-order valence-corrected chi connectivity index (χ4v) is 2.98. The van der Waals surface area contributed by atoms with E-state index >= 15 is 0 Å². The molecule has 94 valence electrons. The van der Waals surface area contributed by atoms with E-state index in [1.165, 1.54) is 31.2 Å². The Bertz CT molecular complexity index is 317. The Balaban J connectivity index is 2.00. The highest BCUT2D eigenvalue weighted by Gasteiger charge is 2.27. The Morgan fingerprint density at radius 1 is 1.24 bits per heavy atom. The summed E-state index contributed by atoms with van der Waals surface area (Å²) in [5.74, 6) is 0.744. The second-order valence-corrected chi connectivity index (χ2v) is 4.95. The van der Waals surface area contributed by atoms with Crippen LogP contribution in [0.2, 0.25) is 0 Å². The van der Waals surface area contributed by atoms with E-state index in [9.17, 15) is 0 Å². The Morgan fingerprint density at radius 2 is 2.00 bits per heavy atom. The highest BCUT2D eigenvalue weighted by molar-refractivity contribution is 5.15. The largest absolute Gasteiger partial charge is 0.317 e. The Morgan fingerprint density at radius 3 is 2.53 bits per heavy atom. The van der Waals surface area contributed by atoms with Crippen LogP contribution in [0.3, 0.4) is 0 Å². The summed E-state index contributed by atoms with van der Waals surface area (Å²) >= 11 is 0. The van der Waals surface area contributed by atoms with Gasteiger partial charge in [0.1, 0.15) is 0 Å². The second-order valence-electron chi connectivity index (χ2n) is 4.95. The minimum absolute atomic E-state index is 0.460. The lowest BCUT2D eigenvalue weighted by Gasteiger charge is -2.33. The molecule has 0 amide bonds. The first-order chi connectivity index (χ1) is 8.35. The first-order valence-corrected chi connectivity index (χ1v) is 6.59. The van der Waals surface area contributed by atoms with Gasteiger partial charge in [0.05, 0.1) is 0 Å². The van der Waals surface area contributed by atoms with Crippen molar-refractivity contribution in [2.45, 2.75) is 37.8 Å². The maximum atomic E-state index is 4.23. The van der Waals surface area contributed by atoms with Crippen LogP contribution < -0.4 is 10.6 Å². The SMILES string of the molecule is CNC1CCC(C(NC)c2cccnc2)CC1. The van der Waals surface area contributed by atoms with E-state index in [4.69, 9.17) is 0 Å². The summed E-state index contributed by atoms with van der Waals surface area (Å²) in [6.45, 7) is 0. The fourth-order valence-electron chi connectivity index (χ4n) is 2.98. The third-order valence-corrected chi connectivity index (χ3v) is 4.01. The molecule has 17 heavy (non-hydrogen) atoms. The van der Waals surface area contributed by atoms with Crippen LogP contribution in [0.15, 0.2) is 24.5 Å². The summed E-state index contributed by atoms with van der Waals surface area (Å²) in [7, 11) is 4.13. The molecule has 2 rings (SSSR count). The van der Waals surface area contributed by atoms with E-state index in [1.54, 1.807) is 0 Å². The highest BCUT2D eigenvalue weighted by atomic mass is 14.9. The zero-order valence-corrected chi connectivity index (χ0v) is 10.8. The van der Waals surface area contributed by atoms with Crippen molar-refractivity contribution in [2.24, 2.45) is 5.92 Å². The van der Waals surface area contributed by atoms with Gasteiger partial charge in [-0.15, -0.1) is 0 Å². The van der Waals surface area contributed by atoms with E-state index in [-0.39, 0.29) is 0 Å². The van der Waals surface area contributed by atoms with E-state index in [0.717, 1.165) is 12.0 Å². The predicted molar refractivity (Wildman–Crippen MR) is 70.8 cm³/mol. The molecule has 1 saturated carbocycles. The lowest BCUT2D eigenvalue weighted by Crippen LogP contribution is -2.34. The van der Waals surface area contributed by atoms with Crippen LogP contribution in [-0.4, -0.2) is 25.1 Å². The molecular formula is C14H23N3. The Hall–Kier alpha value is -0.930. The van der Waals surface area contributed by atoms with Crippen LogP contribution >= 0.6 is 0 Å². The number of nitrogens with zero attached hydrogens (tertiary/aromatic N) is 1.